The van der Waals surface area contributed by atoms with Gasteiger partial charge in [0.25, 0.3) is 0 Å². The zero-order valence-corrected chi connectivity index (χ0v) is 11.4. The van der Waals surface area contributed by atoms with E-state index in [9.17, 15) is 9.59 Å². The Labute approximate surface area is 108 Å². The summed E-state index contributed by atoms with van der Waals surface area (Å²) in [5.41, 5.74) is -0.508. The first-order valence-corrected chi connectivity index (χ1v) is 6.51. The van der Waals surface area contributed by atoms with Crippen molar-refractivity contribution in [3.63, 3.8) is 0 Å². The minimum Gasteiger partial charge on any atom is -0.481 e. The molecule has 1 amide bonds. The van der Waals surface area contributed by atoms with E-state index in [1.807, 2.05) is 20.8 Å². The minimum absolute atomic E-state index is 0.00435. The molecule has 1 fully saturated rings. The molecule has 0 spiro atoms. The van der Waals surface area contributed by atoms with Gasteiger partial charge in [-0.2, -0.15) is 0 Å². The van der Waals surface area contributed by atoms with Crippen LogP contribution in [0.25, 0.3) is 0 Å². The normalized spacial score (nSPS) is 20.6. The molecule has 1 saturated heterocycles. The number of nitrogens with zero attached hydrogens (tertiary/aromatic N) is 1. The first kappa shape index (κ1) is 14.8. The smallest absolute Gasteiger partial charge is 0.410 e. The molecular weight excluding hydrogens is 234 g/mol. The number of carboxylic acid groups (broad SMARTS) is 1. The van der Waals surface area contributed by atoms with Gasteiger partial charge in [-0.25, -0.2) is 4.79 Å². The zero-order valence-electron chi connectivity index (χ0n) is 11.4. The van der Waals surface area contributed by atoms with Crippen molar-refractivity contribution >= 4 is 12.1 Å². The van der Waals surface area contributed by atoms with Crippen molar-refractivity contribution in [2.45, 2.75) is 64.5 Å². The Balaban J connectivity index is 2.58. The summed E-state index contributed by atoms with van der Waals surface area (Å²) < 4.78 is 5.35. The predicted molar refractivity (Wildman–Crippen MR) is 67.4 cm³/mol. The van der Waals surface area contributed by atoms with Gasteiger partial charge in [0, 0.05) is 19.0 Å². The molecule has 0 aromatic heterocycles. The summed E-state index contributed by atoms with van der Waals surface area (Å²) in [4.78, 5) is 24.3. The molecule has 0 aromatic rings. The molecule has 0 saturated carbocycles. The lowest BCUT2D eigenvalue weighted by atomic mass is 9.98. The summed E-state index contributed by atoms with van der Waals surface area (Å²) in [6, 6.07) is 0.00435. The lowest BCUT2D eigenvalue weighted by Crippen LogP contribution is -2.46. The molecule has 5 nitrogen and oxygen atoms in total. The second-order valence-corrected chi connectivity index (χ2v) is 5.76. The van der Waals surface area contributed by atoms with Crippen molar-refractivity contribution < 1.29 is 19.4 Å². The molecule has 1 unspecified atom stereocenters. The Bertz CT molecular complexity index is 309. The molecule has 1 atom stereocenters. The summed E-state index contributed by atoms with van der Waals surface area (Å²) >= 11 is 0. The fourth-order valence-electron chi connectivity index (χ4n) is 2.15. The van der Waals surface area contributed by atoms with Gasteiger partial charge < -0.3 is 14.7 Å². The van der Waals surface area contributed by atoms with E-state index in [2.05, 4.69) is 0 Å². The van der Waals surface area contributed by atoms with Crippen molar-refractivity contribution in [1.29, 1.82) is 0 Å². The molecule has 104 valence electrons. The monoisotopic (exact) mass is 257 g/mol. The summed E-state index contributed by atoms with van der Waals surface area (Å²) in [5.74, 6) is -0.815. The van der Waals surface area contributed by atoms with Crippen molar-refractivity contribution in [3.05, 3.63) is 0 Å². The largest absolute Gasteiger partial charge is 0.481 e. The molecule has 0 aromatic carbocycles. The maximum absolute atomic E-state index is 12.0. The van der Waals surface area contributed by atoms with Crippen molar-refractivity contribution in [2.24, 2.45) is 0 Å². The lowest BCUT2D eigenvalue weighted by Gasteiger charge is -2.36. The van der Waals surface area contributed by atoms with Gasteiger partial charge in [-0.3, -0.25) is 4.79 Å². The molecule has 0 bridgehead atoms. The van der Waals surface area contributed by atoms with Crippen LogP contribution in [-0.4, -0.2) is 40.3 Å². The maximum Gasteiger partial charge on any atom is 0.410 e. The van der Waals surface area contributed by atoms with E-state index in [0.717, 1.165) is 19.3 Å². The van der Waals surface area contributed by atoms with Crippen molar-refractivity contribution in [3.8, 4) is 0 Å². The highest BCUT2D eigenvalue weighted by Crippen LogP contribution is 2.23. The predicted octanol–water partition coefficient (Wildman–Crippen LogP) is 2.64. The molecule has 18 heavy (non-hydrogen) atoms. The maximum atomic E-state index is 12.0. The van der Waals surface area contributed by atoms with Crippen molar-refractivity contribution in [1.82, 2.24) is 4.90 Å². The van der Waals surface area contributed by atoms with Gasteiger partial charge in [0.05, 0.1) is 0 Å². The Kier molecular flexibility index (Phi) is 4.99. The van der Waals surface area contributed by atoms with Crippen LogP contribution in [0.2, 0.25) is 0 Å². The third kappa shape index (κ3) is 4.94. The average molecular weight is 257 g/mol. The number of carboxylic acids is 1. The van der Waals surface area contributed by atoms with E-state index in [4.69, 9.17) is 9.84 Å². The zero-order chi connectivity index (χ0) is 13.8. The van der Waals surface area contributed by atoms with E-state index >= 15 is 0 Å². The van der Waals surface area contributed by atoms with E-state index in [0.29, 0.717) is 13.0 Å². The highest BCUT2D eigenvalue weighted by Gasteiger charge is 2.30. The number of rotatable bonds is 3. The second-order valence-electron chi connectivity index (χ2n) is 5.76. The summed E-state index contributed by atoms with van der Waals surface area (Å²) in [5, 5.41) is 8.72. The number of aliphatic carboxylic acids is 1. The van der Waals surface area contributed by atoms with E-state index in [1.165, 1.54) is 0 Å². The Morgan fingerprint density at radius 2 is 2.00 bits per heavy atom. The van der Waals surface area contributed by atoms with Crippen LogP contribution in [-0.2, 0) is 9.53 Å². The van der Waals surface area contributed by atoms with Crippen LogP contribution in [0, 0.1) is 0 Å². The summed E-state index contributed by atoms with van der Waals surface area (Å²) in [6.45, 7) is 6.17. The Morgan fingerprint density at radius 3 is 2.56 bits per heavy atom. The molecule has 1 heterocycles. The first-order chi connectivity index (χ1) is 8.29. The third-order valence-corrected chi connectivity index (χ3v) is 2.95. The number of hydrogen-bond donors (Lipinski definition) is 1. The van der Waals surface area contributed by atoms with Crippen LogP contribution in [0.5, 0.6) is 0 Å². The van der Waals surface area contributed by atoms with E-state index in [1.54, 1.807) is 4.90 Å². The van der Waals surface area contributed by atoms with Gasteiger partial charge in [0.15, 0.2) is 0 Å². The standard InChI is InChI=1S/C13H23NO4/c1-13(2,3)18-12(17)14-9-5-4-6-10(14)7-8-11(15)16/h10H,4-9H2,1-3H3,(H,15,16). The third-order valence-electron chi connectivity index (χ3n) is 2.95. The van der Waals surface area contributed by atoms with Crippen LogP contribution in [0.4, 0.5) is 4.79 Å². The van der Waals surface area contributed by atoms with Crippen LogP contribution in [0.3, 0.4) is 0 Å². The van der Waals surface area contributed by atoms with Gasteiger partial charge in [-0.1, -0.05) is 0 Å². The molecular formula is C13H23NO4. The van der Waals surface area contributed by atoms with Gasteiger partial charge in [0.1, 0.15) is 5.60 Å². The van der Waals surface area contributed by atoms with E-state index in [-0.39, 0.29) is 18.6 Å². The number of carbonyl (C=O) groups is 2. The van der Waals surface area contributed by atoms with Gasteiger partial charge in [-0.15, -0.1) is 0 Å². The first-order valence-electron chi connectivity index (χ1n) is 6.51. The average Bonchev–Trinajstić information content (AvgIpc) is 2.24. The fraction of sp³-hybridized carbons (Fsp3) is 0.846. The van der Waals surface area contributed by atoms with Crippen molar-refractivity contribution in [2.75, 3.05) is 6.54 Å². The summed E-state index contributed by atoms with van der Waals surface area (Å²) in [7, 11) is 0. The number of piperidine rings is 1. The molecule has 1 aliphatic heterocycles. The van der Waals surface area contributed by atoms with Gasteiger partial charge in [0.2, 0.25) is 0 Å². The van der Waals surface area contributed by atoms with Crippen LogP contribution >= 0.6 is 0 Å². The summed E-state index contributed by atoms with van der Waals surface area (Å²) in [6.07, 6.45) is 3.16. The quantitative estimate of drug-likeness (QED) is 0.844. The molecule has 0 radical (unpaired) electrons. The number of carbonyl (C=O) groups excluding carboxylic acids is 1. The minimum atomic E-state index is -0.815. The molecule has 1 aliphatic rings. The van der Waals surface area contributed by atoms with E-state index < -0.39 is 11.6 Å². The molecule has 0 aliphatic carbocycles. The number of likely N-dealkylation sites (tertiary alicyclic amines) is 1. The highest BCUT2D eigenvalue weighted by atomic mass is 16.6. The van der Waals surface area contributed by atoms with Crippen LogP contribution < -0.4 is 0 Å². The number of ether oxygens (including phenoxy) is 1. The molecule has 1 rings (SSSR count). The molecule has 5 heteroatoms. The topological polar surface area (TPSA) is 66.8 Å². The fourth-order valence-corrected chi connectivity index (χ4v) is 2.15. The Hall–Kier alpha value is -1.26. The van der Waals surface area contributed by atoms with Crippen LogP contribution in [0.15, 0.2) is 0 Å². The molecule has 1 N–H and O–H groups in total. The van der Waals surface area contributed by atoms with Gasteiger partial charge in [-0.05, 0) is 46.5 Å². The second kappa shape index (κ2) is 6.07. The SMILES string of the molecule is CC(C)(C)OC(=O)N1CCCCC1CCC(=O)O. The number of amides is 1. The lowest BCUT2D eigenvalue weighted by molar-refractivity contribution is -0.137. The number of hydrogen-bond acceptors (Lipinski definition) is 3. The van der Waals surface area contributed by atoms with Crippen LogP contribution in [0.1, 0.15) is 52.9 Å². The highest BCUT2D eigenvalue weighted by molar-refractivity contribution is 5.69. The Morgan fingerprint density at radius 1 is 1.33 bits per heavy atom. The van der Waals surface area contributed by atoms with Gasteiger partial charge >= 0.3 is 12.1 Å².